The summed E-state index contributed by atoms with van der Waals surface area (Å²) >= 11 is 0. The number of hydrogen-bond acceptors (Lipinski definition) is 3. The van der Waals surface area contributed by atoms with Gasteiger partial charge in [-0.1, -0.05) is 68.2 Å². The Morgan fingerprint density at radius 1 is 0.906 bits per heavy atom. The second-order valence-corrected chi connectivity index (χ2v) is 7.43. The SMILES string of the molecule is C=C/C=C(\CC)CN(C(=C/C)/C(C)=C\C)N(CC(/C=C\C)=C/C)CC(=C/C)/C(C#N)=C\C. The smallest absolute Gasteiger partial charge is 0.0991 e. The zero-order valence-corrected chi connectivity index (χ0v) is 21.6. The topological polar surface area (TPSA) is 30.3 Å². The van der Waals surface area contributed by atoms with E-state index in [1.165, 1.54) is 22.4 Å². The van der Waals surface area contributed by atoms with Crippen LogP contribution in [0.25, 0.3) is 0 Å². The molecule has 0 saturated heterocycles. The van der Waals surface area contributed by atoms with Crippen molar-refractivity contribution in [2.45, 2.75) is 61.8 Å². The van der Waals surface area contributed by atoms with Gasteiger partial charge in [-0.25, -0.2) is 5.01 Å². The predicted octanol–water partition coefficient (Wildman–Crippen LogP) is 7.84. The second kappa shape index (κ2) is 16.8. The maximum Gasteiger partial charge on any atom is 0.0991 e. The third-order valence-corrected chi connectivity index (χ3v) is 5.46. The molecule has 0 amide bonds. The van der Waals surface area contributed by atoms with Crippen molar-refractivity contribution in [3.05, 3.63) is 94.8 Å². The molecule has 0 spiro atoms. The van der Waals surface area contributed by atoms with Crippen LogP contribution in [0.1, 0.15) is 61.8 Å². The summed E-state index contributed by atoms with van der Waals surface area (Å²) in [6, 6.07) is 2.36. The van der Waals surface area contributed by atoms with Gasteiger partial charge in [-0.05, 0) is 77.2 Å². The van der Waals surface area contributed by atoms with Crippen molar-refractivity contribution in [2.75, 3.05) is 19.6 Å². The summed E-state index contributed by atoms with van der Waals surface area (Å²) in [7, 11) is 0. The molecule has 0 aromatic rings. The van der Waals surface area contributed by atoms with Crippen LogP contribution in [0.4, 0.5) is 0 Å². The first-order valence-electron chi connectivity index (χ1n) is 11.5. The average molecular weight is 434 g/mol. The van der Waals surface area contributed by atoms with Crippen LogP contribution in [0.3, 0.4) is 0 Å². The Hall–Kier alpha value is -2.83. The quantitative estimate of drug-likeness (QED) is 0.168. The van der Waals surface area contributed by atoms with Crippen molar-refractivity contribution < 1.29 is 0 Å². The first-order valence-corrected chi connectivity index (χ1v) is 11.5. The van der Waals surface area contributed by atoms with E-state index in [1.54, 1.807) is 0 Å². The van der Waals surface area contributed by atoms with Gasteiger partial charge in [0.25, 0.3) is 0 Å². The van der Waals surface area contributed by atoms with Crippen molar-refractivity contribution in [1.82, 2.24) is 10.0 Å². The van der Waals surface area contributed by atoms with Gasteiger partial charge in [0.15, 0.2) is 0 Å². The maximum absolute atomic E-state index is 9.67. The molecule has 0 aromatic heterocycles. The highest BCUT2D eigenvalue weighted by molar-refractivity contribution is 5.42. The van der Waals surface area contributed by atoms with E-state index in [-0.39, 0.29) is 0 Å². The largest absolute Gasteiger partial charge is 0.301 e. The fourth-order valence-corrected chi connectivity index (χ4v) is 3.45. The minimum atomic E-state index is 0.637. The second-order valence-electron chi connectivity index (χ2n) is 7.43. The summed E-state index contributed by atoms with van der Waals surface area (Å²) in [5.41, 5.74) is 6.65. The lowest BCUT2D eigenvalue weighted by Gasteiger charge is -2.40. The highest BCUT2D eigenvalue weighted by Crippen LogP contribution is 2.24. The highest BCUT2D eigenvalue weighted by atomic mass is 15.6. The van der Waals surface area contributed by atoms with E-state index in [9.17, 15) is 5.26 Å². The van der Waals surface area contributed by atoms with Crippen molar-refractivity contribution in [1.29, 1.82) is 5.26 Å². The summed E-state index contributed by atoms with van der Waals surface area (Å²) in [5, 5.41) is 14.4. The van der Waals surface area contributed by atoms with Gasteiger partial charge in [0.05, 0.1) is 23.9 Å². The molecule has 0 saturated carbocycles. The molecule has 0 heterocycles. The minimum Gasteiger partial charge on any atom is -0.301 e. The van der Waals surface area contributed by atoms with E-state index in [0.29, 0.717) is 12.1 Å². The number of nitrogens with zero attached hydrogens (tertiary/aromatic N) is 3. The molecule has 0 atom stereocenters. The molecule has 3 heteroatoms. The molecule has 0 rings (SSSR count). The minimum absolute atomic E-state index is 0.637. The van der Waals surface area contributed by atoms with E-state index in [4.69, 9.17) is 0 Å². The molecule has 0 fully saturated rings. The van der Waals surface area contributed by atoms with Gasteiger partial charge in [-0.2, -0.15) is 5.26 Å². The van der Waals surface area contributed by atoms with Crippen molar-refractivity contribution >= 4 is 0 Å². The summed E-state index contributed by atoms with van der Waals surface area (Å²) in [5.74, 6) is 0. The molecule has 32 heavy (non-hydrogen) atoms. The molecule has 0 aromatic carbocycles. The highest BCUT2D eigenvalue weighted by Gasteiger charge is 2.22. The van der Waals surface area contributed by atoms with Gasteiger partial charge in [0.1, 0.15) is 0 Å². The molecule has 0 aliphatic rings. The molecule has 0 radical (unpaired) electrons. The molecule has 0 unspecified atom stereocenters. The first-order chi connectivity index (χ1) is 15.4. The number of rotatable bonds is 13. The average Bonchev–Trinajstić information content (AvgIpc) is 2.81. The van der Waals surface area contributed by atoms with E-state index in [0.717, 1.165) is 25.1 Å². The Labute approximate surface area is 197 Å². The third-order valence-electron chi connectivity index (χ3n) is 5.46. The number of allylic oxidation sites excluding steroid dienone is 9. The van der Waals surface area contributed by atoms with Crippen LogP contribution in [0.5, 0.6) is 0 Å². The van der Waals surface area contributed by atoms with E-state index >= 15 is 0 Å². The summed E-state index contributed by atoms with van der Waals surface area (Å²) in [6.45, 7) is 22.6. The maximum atomic E-state index is 9.67. The van der Waals surface area contributed by atoms with Crippen molar-refractivity contribution in [3.8, 4) is 6.07 Å². The Kier molecular flexibility index (Phi) is 15.3. The van der Waals surface area contributed by atoms with Crippen LogP contribution in [0, 0.1) is 11.3 Å². The third kappa shape index (κ3) is 9.12. The molecule has 0 aliphatic heterocycles. The first kappa shape index (κ1) is 29.2. The standard InChI is InChI=1S/C29H43N3/c1-10-18-25(13-4)21-31(23-28(16-7)27(15-6)20-30)32(22-26(14-5)19-11-2)29(17-8)24(9)12-3/h10-13,15-19H,2,14,21-23H2,1,3-9H3/b18-10-,24-12-,25-13+,26-19+,27-15-,28-16-,29-17+. The lowest BCUT2D eigenvalue weighted by atomic mass is 10.1. The van der Waals surface area contributed by atoms with E-state index in [2.05, 4.69) is 93.7 Å². The van der Waals surface area contributed by atoms with Crippen LogP contribution in [0.2, 0.25) is 0 Å². The molecule has 0 bridgehead atoms. The summed E-state index contributed by atoms with van der Waals surface area (Å²) in [4.78, 5) is 0. The summed E-state index contributed by atoms with van der Waals surface area (Å²) in [6.07, 6.45) is 19.6. The summed E-state index contributed by atoms with van der Waals surface area (Å²) < 4.78 is 0. The fraction of sp³-hybridized carbons (Fsp3) is 0.414. The van der Waals surface area contributed by atoms with E-state index in [1.807, 2.05) is 39.0 Å². The number of hydrazine groups is 1. The fourth-order valence-electron chi connectivity index (χ4n) is 3.45. The molecule has 0 aliphatic carbocycles. The Bertz CT molecular complexity index is 851. The Morgan fingerprint density at radius 2 is 1.59 bits per heavy atom. The predicted molar refractivity (Wildman–Crippen MR) is 142 cm³/mol. The van der Waals surface area contributed by atoms with Gasteiger partial charge in [0, 0.05) is 13.1 Å². The Morgan fingerprint density at radius 3 is 2.00 bits per heavy atom. The van der Waals surface area contributed by atoms with Crippen LogP contribution < -0.4 is 0 Å². The van der Waals surface area contributed by atoms with Crippen LogP contribution in [0.15, 0.2) is 94.8 Å². The Balaban J connectivity index is 6.73. The van der Waals surface area contributed by atoms with Crippen molar-refractivity contribution in [3.63, 3.8) is 0 Å². The number of nitriles is 1. The van der Waals surface area contributed by atoms with Gasteiger partial charge >= 0.3 is 0 Å². The van der Waals surface area contributed by atoms with Gasteiger partial charge in [-0.3, -0.25) is 0 Å². The van der Waals surface area contributed by atoms with Gasteiger partial charge < -0.3 is 5.01 Å². The molecule has 174 valence electrons. The monoisotopic (exact) mass is 433 g/mol. The van der Waals surface area contributed by atoms with Gasteiger partial charge in [-0.15, -0.1) is 0 Å². The zero-order valence-electron chi connectivity index (χ0n) is 21.6. The molecule has 0 N–H and O–H groups in total. The molecule has 3 nitrogen and oxygen atoms in total. The van der Waals surface area contributed by atoms with Crippen LogP contribution in [-0.2, 0) is 0 Å². The lowest BCUT2D eigenvalue weighted by Crippen LogP contribution is -2.45. The van der Waals surface area contributed by atoms with Crippen LogP contribution in [-0.4, -0.2) is 29.7 Å². The van der Waals surface area contributed by atoms with Crippen molar-refractivity contribution in [2.24, 2.45) is 0 Å². The zero-order chi connectivity index (χ0) is 24.5. The molecular formula is C29H43N3. The lowest BCUT2D eigenvalue weighted by molar-refractivity contribution is 0.0392. The molecular weight excluding hydrogens is 390 g/mol. The number of hydrogen-bond donors (Lipinski definition) is 0. The van der Waals surface area contributed by atoms with E-state index < -0.39 is 0 Å². The van der Waals surface area contributed by atoms with Crippen LogP contribution >= 0.6 is 0 Å². The normalized spacial score (nSPS) is 14.9. The van der Waals surface area contributed by atoms with Gasteiger partial charge in [0.2, 0.25) is 0 Å².